The van der Waals surface area contributed by atoms with E-state index >= 15 is 0 Å². The molecule has 0 N–H and O–H groups in total. The van der Waals surface area contributed by atoms with Crippen LogP contribution in [-0.2, 0) is 16.1 Å². The van der Waals surface area contributed by atoms with Crippen LogP contribution < -0.4 is 0 Å². The summed E-state index contributed by atoms with van der Waals surface area (Å²) in [7, 11) is 0. The van der Waals surface area contributed by atoms with Crippen molar-refractivity contribution < 1.29 is 9.53 Å². The Kier molecular flexibility index (Phi) is 4.38. The van der Waals surface area contributed by atoms with Crippen molar-refractivity contribution in [2.45, 2.75) is 13.5 Å². The quantitative estimate of drug-likeness (QED) is 0.475. The summed E-state index contributed by atoms with van der Waals surface area (Å²) >= 11 is 2.33. The zero-order chi connectivity index (χ0) is 15.5. The molecule has 3 aromatic rings. The van der Waals surface area contributed by atoms with Gasteiger partial charge in [-0.15, -0.1) is 0 Å². The van der Waals surface area contributed by atoms with Gasteiger partial charge in [-0.3, -0.25) is 4.79 Å². The minimum absolute atomic E-state index is 0.187. The Balaban J connectivity index is 2.21. The van der Waals surface area contributed by atoms with Crippen molar-refractivity contribution in [3.63, 3.8) is 0 Å². The Hall–Kier alpha value is -1.95. The van der Waals surface area contributed by atoms with Gasteiger partial charge in [0.05, 0.1) is 11.4 Å². The molecule has 0 bridgehead atoms. The number of benzene rings is 2. The summed E-state index contributed by atoms with van der Waals surface area (Å²) in [5, 5.41) is 2.15. The molecule has 0 atom stereocenters. The number of carbonyl (C=O) groups is 1. The van der Waals surface area contributed by atoms with Crippen molar-refractivity contribution in [3.05, 3.63) is 63.9 Å². The first-order chi connectivity index (χ1) is 10.7. The van der Waals surface area contributed by atoms with Gasteiger partial charge < -0.3 is 4.74 Å². The van der Waals surface area contributed by atoms with Crippen LogP contribution in [-0.4, -0.2) is 11.0 Å². The van der Waals surface area contributed by atoms with Crippen molar-refractivity contribution in [3.8, 4) is 11.3 Å². The molecule has 2 aromatic carbocycles. The molecule has 0 aliphatic rings. The van der Waals surface area contributed by atoms with Gasteiger partial charge in [-0.1, -0.05) is 54.6 Å². The van der Waals surface area contributed by atoms with Crippen molar-refractivity contribution in [2.24, 2.45) is 0 Å². The summed E-state index contributed by atoms with van der Waals surface area (Å²) < 4.78 is 6.27. The van der Waals surface area contributed by atoms with E-state index in [0.717, 1.165) is 31.3 Å². The number of esters is 1. The highest BCUT2D eigenvalue weighted by molar-refractivity contribution is 14.1. The van der Waals surface area contributed by atoms with Crippen LogP contribution in [0.25, 0.3) is 22.0 Å². The molecule has 0 amide bonds. The number of nitrogens with zero attached hydrogens (tertiary/aromatic N) is 1. The number of hydrogen-bond acceptors (Lipinski definition) is 3. The lowest BCUT2D eigenvalue weighted by Gasteiger charge is -2.12. The summed E-state index contributed by atoms with van der Waals surface area (Å²) in [5.41, 5.74) is 2.76. The van der Waals surface area contributed by atoms with Crippen molar-refractivity contribution in [1.29, 1.82) is 0 Å². The highest BCUT2D eigenvalue weighted by Gasteiger charge is 2.13. The molecule has 0 aliphatic heterocycles. The van der Waals surface area contributed by atoms with Crippen LogP contribution in [0.5, 0.6) is 0 Å². The molecule has 0 saturated heterocycles. The molecular formula is C18H14INO2. The zero-order valence-electron chi connectivity index (χ0n) is 12.0. The number of rotatable bonds is 3. The lowest BCUT2D eigenvalue weighted by molar-refractivity contribution is -0.142. The topological polar surface area (TPSA) is 39.2 Å². The fraction of sp³-hybridized carbons (Fsp3) is 0.111. The van der Waals surface area contributed by atoms with E-state index < -0.39 is 0 Å². The number of carbonyl (C=O) groups excluding carboxylic acids is 1. The van der Waals surface area contributed by atoms with Gasteiger partial charge in [-0.25, -0.2) is 4.98 Å². The summed E-state index contributed by atoms with van der Waals surface area (Å²) in [5.74, 6) is -0.300. The molecule has 0 saturated carbocycles. The van der Waals surface area contributed by atoms with Gasteiger partial charge >= 0.3 is 5.97 Å². The minimum Gasteiger partial charge on any atom is -0.459 e. The van der Waals surface area contributed by atoms with Crippen LogP contribution in [0.4, 0.5) is 0 Å². The molecule has 1 heterocycles. The highest BCUT2D eigenvalue weighted by Crippen LogP contribution is 2.31. The number of pyridine rings is 1. The van der Waals surface area contributed by atoms with E-state index in [0.29, 0.717) is 0 Å². The predicted octanol–water partition coefficient (Wildman–Crippen LogP) is 4.57. The van der Waals surface area contributed by atoms with Gasteiger partial charge in [-0.2, -0.15) is 0 Å². The van der Waals surface area contributed by atoms with Gasteiger partial charge in [0.15, 0.2) is 0 Å². The molecule has 0 fully saturated rings. The summed E-state index contributed by atoms with van der Waals surface area (Å²) in [6.45, 7) is 1.60. The average Bonchev–Trinajstić information content (AvgIpc) is 2.55. The lowest BCUT2D eigenvalue weighted by atomic mass is 10.1. The number of halogens is 1. The maximum Gasteiger partial charge on any atom is 0.303 e. The Morgan fingerprint density at radius 1 is 1.05 bits per heavy atom. The third-order valence-corrected chi connectivity index (χ3v) is 4.48. The zero-order valence-corrected chi connectivity index (χ0v) is 14.2. The van der Waals surface area contributed by atoms with Gasteiger partial charge in [0, 0.05) is 21.4 Å². The number of hydrogen-bond donors (Lipinski definition) is 0. The van der Waals surface area contributed by atoms with E-state index in [-0.39, 0.29) is 12.6 Å². The van der Waals surface area contributed by atoms with Crippen LogP contribution in [0, 0.1) is 3.57 Å². The Morgan fingerprint density at radius 3 is 2.36 bits per heavy atom. The third-order valence-electron chi connectivity index (χ3n) is 3.39. The second-order valence-corrected chi connectivity index (χ2v) is 5.99. The molecule has 0 unspecified atom stereocenters. The molecule has 110 valence electrons. The van der Waals surface area contributed by atoms with Crippen LogP contribution in [0.2, 0.25) is 0 Å². The van der Waals surface area contributed by atoms with Gasteiger partial charge in [0.2, 0.25) is 0 Å². The molecule has 22 heavy (non-hydrogen) atoms. The summed E-state index contributed by atoms with van der Waals surface area (Å²) in [6.07, 6.45) is 0. The van der Waals surface area contributed by atoms with Gasteiger partial charge in [-0.05, 0) is 28.0 Å². The first-order valence-electron chi connectivity index (χ1n) is 6.92. The summed E-state index contributed by atoms with van der Waals surface area (Å²) in [6, 6.07) is 18.1. The third kappa shape index (κ3) is 2.97. The number of fused-ring (bicyclic) bond motifs is 1. The first kappa shape index (κ1) is 15.0. The maximum absolute atomic E-state index is 11.1. The largest absolute Gasteiger partial charge is 0.459 e. The van der Waals surface area contributed by atoms with E-state index in [1.165, 1.54) is 6.92 Å². The smallest absolute Gasteiger partial charge is 0.303 e. The fourth-order valence-electron chi connectivity index (χ4n) is 2.37. The van der Waals surface area contributed by atoms with E-state index in [1.807, 2.05) is 48.5 Å². The molecule has 3 rings (SSSR count). The normalized spacial score (nSPS) is 10.6. The van der Waals surface area contributed by atoms with Crippen molar-refractivity contribution in [1.82, 2.24) is 4.98 Å². The number of ether oxygens (including phenoxy) is 1. The number of aromatic nitrogens is 1. The van der Waals surface area contributed by atoms with E-state index in [4.69, 9.17) is 9.72 Å². The molecule has 1 aromatic heterocycles. The highest BCUT2D eigenvalue weighted by atomic mass is 127. The first-order valence-corrected chi connectivity index (χ1v) is 8.00. The fourth-order valence-corrected chi connectivity index (χ4v) is 3.27. The van der Waals surface area contributed by atoms with Crippen molar-refractivity contribution in [2.75, 3.05) is 0 Å². The second-order valence-electron chi connectivity index (χ2n) is 4.91. The van der Waals surface area contributed by atoms with E-state index in [9.17, 15) is 4.79 Å². The summed E-state index contributed by atoms with van der Waals surface area (Å²) in [4.78, 5) is 15.9. The standard InChI is InChI=1S/C18H14INO2/c1-12(21)22-11-16-14-9-5-6-10-15(14)17(19)18(20-16)13-7-3-2-4-8-13/h2-10H,11H2,1H3. The Bertz CT molecular complexity index is 831. The monoisotopic (exact) mass is 403 g/mol. The molecule has 0 spiro atoms. The molecular weight excluding hydrogens is 389 g/mol. The maximum atomic E-state index is 11.1. The Labute approximate surface area is 142 Å². The van der Waals surface area contributed by atoms with Crippen LogP contribution in [0.1, 0.15) is 12.6 Å². The second kappa shape index (κ2) is 6.44. The van der Waals surface area contributed by atoms with Gasteiger partial charge in [0.1, 0.15) is 6.61 Å². The van der Waals surface area contributed by atoms with E-state index in [2.05, 4.69) is 28.7 Å². The SMILES string of the molecule is CC(=O)OCc1nc(-c2ccccc2)c(I)c2ccccc12. The lowest BCUT2D eigenvalue weighted by Crippen LogP contribution is -2.04. The van der Waals surface area contributed by atoms with Gasteiger partial charge in [0.25, 0.3) is 0 Å². The van der Waals surface area contributed by atoms with Crippen LogP contribution in [0.15, 0.2) is 54.6 Å². The molecule has 4 heteroatoms. The van der Waals surface area contributed by atoms with Crippen molar-refractivity contribution >= 4 is 39.3 Å². The Morgan fingerprint density at radius 2 is 1.68 bits per heavy atom. The van der Waals surface area contributed by atoms with Crippen LogP contribution in [0.3, 0.4) is 0 Å². The predicted molar refractivity (Wildman–Crippen MR) is 95.4 cm³/mol. The molecule has 0 radical (unpaired) electrons. The van der Waals surface area contributed by atoms with E-state index in [1.54, 1.807) is 0 Å². The molecule has 0 aliphatic carbocycles. The molecule has 3 nitrogen and oxygen atoms in total. The minimum atomic E-state index is -0.300. The average molecular weight is 403 g/mol. The van der Waals surface area contributed by atoms with Crippen LogP contribution >= 0.6 is 22.6 Å².